The number of nitrogens with zero attached hydrogens (tertiary/aromatic N) is 1. The Bertz CT molecular complexity index is 719. The van der Waals surface area contributed by atoms with Crippen molar-refractivity contribution < 1.29 is 4.79 Å². The first-order valence-corrected chi connectivity index (χ1v) is 11.6. The van der Waals surface area contributed by atoms with Gasteiger partial charge in [-0.25, -0.2) is 0 Å². The van der Waals surface area contributed by atoms with E-state index in [2.05, 4.69) is 43.1 Å². The monoisotopic (exact) mass is 380 g/mol. The number of carbonyl (C=O) groups excluding carboxylic acids is 1. The molecule has 1 heterocycles. The molecule has 5 aliphatic rings. The van der Waals surface area contributed by atoms with Crippen LogP contribution in [0.25, 0.3) is 0 Å². The smallest absolute Gasteiger partial charge is 0.241 e. The molecule has 3 heteroatoms. The molecular formula is C25H36N2O. The van der Waals surface area contributed by atoms with Crippen LogP contribution in [-0.4, -0.2) is 29.4 Å². The van der Waals surface area contributed by atoms with Crippen molar-refractivity contribution in [3.63, 3.8) is 0 Å². The van der Waals surface area contributed by atoms with Crippen LogP contribution in [0.5, 0.6) is 0 Å². The Labute approximate surface area is 170 Å². The highest BCUT2D eigenvalue weighted by Gasteiger charge is 2.51. The van der Waals surface area contributed by atoms with Gasteiger partial charge in [0.15, 0.2) is 0 Å². The third-order valence-corrected chi connectivity index (χ3v) is 8.33. The van der Waals surface area contributed by atoms with Crippen LogP contribution in [0.4, 0.5) is 5.69 Å². The van der Waals surface area contributed by atoms with Gasteiger partial charge in [-0.15, -0.1) is 0 Å². The van der Waals surface area contributed by atoms with Gasteiger partial charge in [-0.3, -0.25) is 9.69 Å². The number of piperidine rings is 1. The molecule has 1 aliphatic heterocycles. The summed E-state index contributed by atoms with van der Waals surface area (Å²) in [5.74, 6) is 3.94. The molecule has 1 aromatic carbocycles. The molecule has 3 nitrogen and oxygen atoms in total. The summed E-state index contributed by atoms with van der Waals surface area (Å²) in [5.41, 5.74) is 4.66. The number of amides is 1. The minimum atomic E-state index is 0.0661. The number of hydrogen-bond donors (Lipinski definition) is 1. The second-order valence-electron chi connectivity index (χ2n) is 10.4. The molecule has 0 spiro atoms. The molecule has 4 saturated carbocycles. The second-order valence-corrected chi connectivity index (χ2v) is 10.4. The van der Waals surface area contributed by atoms with E-state index in [1.807, 2.05) is 0 Å². The number of anilines is 1. The molecule has 152 valence electrons. The molecule has 4 aliphatic carbocycles. The first-order valence-electron chi connectivity index (χ1n) is 11.6. The summed E-state index contributed by atoms with van der Waals surface area (Å²) in [6.45, 7) is 7.48. The molecule has 5 fully saturated rings. The standard InChI is InChI=1S/C25H36N2O/c1-15-8-16(2)23(17(3)9-15)26-25(28)22-6-4-5-7-27(22)24-20-11-18-10-19(13-20)14-21(24)12-18/h8-9,18-22,24H,4-7,10-14H2,1-3H3,(H,26,28). The van der Waals surface area contributed by atoms with Gasteiger partial charge in [0.2, 0.25) is 5.91 Å². The molecule has 1 saturated heterocycles. The van der Waals surface area contributed by atoms with Gasteiger partial charge in [0.25, 0.3) is 0 Å². The van der Waals surface area contributed by atoms with E-state index in [0.29, 0.717) is 6.04 Å². The normalized spacial score (nSPS) is 37.2. The Hall–Kier alpha value is -1.35. The van der Waals surface area contributed by atoms with Gasteiger partial charge in [-0.1, -0.05) is 24.1 Å². The fourth-order valence-electron chi connectivity index (χ4n) is 7.61. The quantitative estimate of drug-likeness (QED) is 0.779. The van der Waals surface area contributed by atoms with Crippen molar-refractivity contribution in [1.82, 2.24) is 4.90 Å². The zero-order chi connectivity index (χ0) is 19.4. The summed E-state index contributed by atoms with van der Waals surface area (Å²) in [5, 5.41) is 3.35. The van der Waals surface area contributed by atoms with Gasteiger partial charge >= 0.3 is 0 Å². The maximum absolute atomic E-state index is 13.4. The molecule has 0 radical (unpaired) electrons. The van der Waals surface area contributed by atoms with Crippen molar-refractivity contribution in [2.45, 2.75) is 84.2 Å². The first-order chi connectivity index (χ1) is 13.5. The number of likely N-dealkylation sites (tertiary alicyclic amines) is 1. The molecule has 28 heavy (non-hydrogen) atoms. The first kappa shape index (κ1) is 18.7. The number of carbonyl (C=O) groups is 1. The summed E-state index contributed by atoms with van der Waals surface area (Å²) in [6.07, 6.45) is 10.7. The average molecular weight is 381 g/mol. The molecule has 1 aromatic rings. The Morgan fingerprint density at radius 3 is 2.14 bits per heavy atom. The number of aryl methyl sites for hydroxylation is 3. The van der Waals surface area contributed by atoms with Crippen LogP contribution in [-0.2, 0) is 4.79 Å². The fourth-order valence-corrected chi connectivity index (χ4v) is 7.61. The van der Waals surface area contributed by atoms with E-state index < -0.39 is 0 Å². The molecule has 1 N–H and O–H groups in total. The van der Waals surface area contributed by atoms with Crippen LogP contribution >= 0.6 is 0 Å². The summed E-state index contributed by atoms with van der Waals surface area (Å²) < 4.78 is 0. The van der Waals surface area contributed by atoms with Crippen LogP contribution in [0.2, 0.25) is 0 Å². The van der Waals surface area contributed by atoms with Gasteiger partial charge < -0.3 is 5.32 Å². The lowest BCUT2D eigenvalue weighted by Gasteiger charge is -2.59. The Kier molecular flexibility index (Phi) is 4.77. The zero-order valence-corrected chi connectivity index (χ0v) is 17.8. The largest absolute Gasteiger partial charge is 0.324 e. The molecule has 1 atom stereocenters. The minimum absolute atomic E-state index is 0.0661. The van der Waals surface area contributed by atoms with Crippen molar-refractivity contribution in [3.05, 3.63) is 28.8 Å². The number of rotatable bonds is 3. The van der Waals surface area contributed by atoms with Crippen LogP contribution in [0, 0.1) is 44.4 Å². The van der Waals surface area contributed by atoms with E-state index in [4.69, 9.17) is 0 Å². The van der Waals surface area contributed by atoms with E-state index in [9.17, 15) is 4.79 Å². The Balaban J connectivity index is 1.37. The predicted octanol–water partition coefficient (Wildman–Crippen LogP) is 5.23. The van der Waals surface area contributed by atoms with Crippen molar-refractivity contribution in [2.75, 3.05) is 11.9 Å². The van der Waals surface area contributed by atoms with Crippen LogP contribution in [0.1, 0.15) is 68.1 Å². The predicted molar refractivity (Wildman–Crippen MR) is 114 cm³/mol. The highest BCUT2D eigenvalue weighted by molar-refractivity contribution is 5.96. The Morgan fingerprint density at radius 2 is 1.54 bits per heavy atom. The van der Waals surface area contributed by atoms with E-state index >= 15 is 0 Å². The zero-order valence-electron chi connectivity index (χ0n) is 17.8. The molecule has 4 bridgehead atoms. The lowest BCUT2D eigenvalue weighted by Crippen LogP contribution is -2.61. The van der Waals surface area contributed by atoms with Crippen LogP contribution < -0.4 is 5.32 Å². The summed E-state index contributed by atoms with van der Waals surface area (Å²) >= 11 is 0. The summed E-state index contributed by atoms with van der Waals surface area (Å²) in [6, 6.07) is 5.10. The highest BCUT2D eigenvalue weighted by atomic mass is 16.2. The fraction of sp³-hybridized carbons (Fsp3) is 0.720. The Morgan fingerprint density at radius 1 is 0.929 bits per heavy atom. The molecule has 6 rings (SSSR count). The third-order valence-electron chi connectivity index (χ3n) is 8.33. The maximum Gasteiger partial charge on any atom is 0.241 e. The average Bonchev–Trinajstić information content (AvgIpc) is 2.64. The van der Waals surface area contributed by atoms with Crippen molar-refractivity contribution in [1.29, 1.82) is 0 Å². The summed E-state index contributed by atoms with van der Waals surface area (Å²) in [4.78, 5) is 16.1. The minimum Gasteiger partial charge on any atom is -0.324 e. The van der Waals surface area contributed by atoms with Gasteiger partial charge in [0.1, 0.15) is 0 Å². The van der Waals surface area contributed by atoms with Gasteiger partial charge in [0.05, 0.1) is 6.04 Å². The lowest BCUT2D eigenvalue weighted by molar-refractivity contribution is -0.131. The van der Waals surface area contributed by atoms with Crippen LogP contribution in [0.15, 0.2) is 12.1 Å². The van der Waals surface area contributed by atoms with Crippen molar-refractivity contribution in [3.8, 4) is 0 Å². The van der Waals surface area contributed by atoms with Gasteiger partial charge in [-0.05, 0) is 107 Å². The SMILES string of the molecule is Cc1cc(C)c(NC(=O)C2CCCCN2C2C3CC4CC(C3)CC2C4)c(C)c1. The van der Waals surface area contributed by atoms with Crippen molar-refractivity contribution in [2.24, 2.45) is 23.7 Å². The van der Waals surface area contributed by atoms with E-state index in [0.717, 1.165) is 42.3 Å². The molecule has 1 amide bonds. The third kappa shape index (κ3) is 3.20. The van der Waals surface area contributed by atoms with E-state index in [1.54, 1.807) is 0 Å². The van der Waals surface area contributed by atoms with E-state index in [-0.39, 0.29) is 11.9 Å². The van der Waals surface area contributed by atoms with Gasteiger partial charge in [-0.2, -0.15) is 0 Å². The maximum atomic E-state index is 13.4. The summed E-state index contributed by atoms with van der Waals surface area (Å²) in [7, 11) is 0. The van der Waals surface area contributed by atoms with E-state index in [1.165, 1.54) is 61.6 Å². The highest BCUT2D eigenvalue weighted by Crippen LogP contribution is 2.55. The second kappa shape index (κ2) is 7.16. The topological polar surface area (TPSA) is 32.3 Å². The number of hydrogen-bond acceptors (Lipinski definition) is 2. The van der Waals surface area contributed by atoms with Crippen LogP contribution in [0.3, 0.4) is 0 Å². The number of nitrogens with one attached hydrogen (secondary N) is 1. The molecule has 1 unspecified atom stereocenters. The van der Waals surface area contributed by atoms with Gasteiger partial charge in [0, 0.05) is 11.7 Å². The molecule has 0 aromatic heterocycles. The number of benzene rings is 1. The lowest BCUT2D eigenvalue weighted by atomic mass is 9.53. The van der Waals surface area contributed by atoms with Crippen molar-refractivity contribution >= 4 is 11.6 Å². The molecular weight excluding hydrogens is 344 g/mol.